The number of hydrogen-bond donors (Lipinski definition) is 1. The van der Waals surface area contributed by atoms with Crippen molar-refractivity contribution in [2.24, 2.45) is 0 Å². The standard InChI is InChI=1S/C30H24FN5O2S2/c1-2-19-8-10-23(33-18-19)27-17-24-28(40-27)26(12-13-32-24)38-25-11-9-20(16-22(25)31)34-29(37)36-15-14-35(30(36)39)21-6-4-3-5-7-21/h3-13,16-18H,2,14-15H2,1H3,(H,34,37). The van der Waals surface area contributed by atoms with E-state index in [1.807, 2.05) is 53.6 Å². The van der Waals surface area contributed by atoms with E-state index in [1.54, 1.807) is 18.3 Å². The molecule has 6 rings (SSSR count). The van der Waals surface area contributed by atoms with Gasteiger partial charge in [-0.25, -0.2) is 9.18 Å². The Bertz CT molecular complexity index is 1710. The first kappa shape index (κ1) is 25.8. The molecule has 4 heterocycles. The molecule has 40 heavy (non-hydrogen) atoms. The van der Waals surface area contributed by atoms with Crippen LogP contribution in [0, 0.1) is 5.82 Å². The van der Waals surface area contributed by atoms with Crippen molar-refractivity contribution in [3.8, 4) is 22.1 Å². The zero-order chi connectivity index (χ0) is 27.6. The SMILES string of the molecule is CCc1ccc(-c2cc3nccc(Oc4ccc(NC(=O)N5CCN(c6ccccc6)C5=S)cc4F)c3s2)nc1. The second-order valence-corrected chi connectivity index (χ2v) is 10.6. The summed E-state index contributed by atoms with van der Waals surface area (Å²) in [5.74, 6) is -0.0744. The van der Waals surface area contributed by atoms with E-state index >= 15 is 4.39 Å². The number of para-hydroxylation sites is 1. The van der Waals surface area contributed by atoms with Gasteiger partial charge in [-0.2, -0.15) is 0 Å². The Balaban J connectivity index is 1.16. The van der Waals surface area contributed by atoms with Crippen molar-refractivity contribution < 1.29 is 13.9 Å². The van der Waals surface area contributed by atoms with Crippen LogP contribution in [0.15, 0.2) is 85.2 Å². The van der Waals surface area contributed by atoms with Gasteiger partial charge in [-0.05, 0) is 60.6 Å². The minimum Gasteiger partial charge on any atom is -0.453 e. The molecule has 2 amide bonds. The third-order valence-electron chi connectivity index (χ3n) is 6.59. The van der Waals surface area contributed by atoms with Gasteiger partial charge >= 0.3 is 6.03 Å². The minimum absolute atomic E-state index is 0.0396. The van der Waals surface area contributed by atoms with Gasteiger partial charge in [0.05, 0.1) is 20.8 Å². The highest BCUT2D eigenvalue weighted by Crippen LogP contribution is 2.39. The van der Waals surface area contributed by atoms with Crippen LogP contribution < -0.4 is 15.0 Å². The Labute approximate surface area is 239 Å². The first-order valence-electron chi connectivity index (χ1n) is 12.8. The Hall–Kier alpha value is -4.41. The zero-order valence-electron chi connectivity index (χ0n) is 21.5. The van der Waals surface area contributed by atoms with Gasteiger partial charge in [-0.15, -0.1) is 11.3 Å². The van der Waals surface area contributed by atoms with Crippen LogP contribution in [0.1, 0.15) is 12.5 Å². The number of thiocarbonyl (C=S) groups is 1. The number of aryl methyl sites for hydroxylation is 1. The van der Waals surface area contributed by atoms with E-state index in [0.29, 0.717) is 29.6 Å². The number of hydrogen-bond acceptors (Lipinski definition) is 6. The predicted molar refractivity (Wildman–Crippen MR) is 161 cm³/mol. The lowest BCUT2D eigenvalue weighted by molar-refractivity contribution is 0.237. The Morgan fingerprint density at radius 1 is 1.05 bits per heavy atom. The number of ether oxygens (including phenoxy) is 1. The Morgan fingerprint density at radius 2 is 1.90 bits per heavy atom. The molecule has 5 aromatic rings. The molecule has 0 atom stereocenters. The van der Waals surface area contributed by atoms with Gasteiger partial charge in [-0.1, -0.05) is 31.2 Å². The van der Waals surface area contributed by atoms with Gasteiger partial charge in [-0.3, -0.25) is 14.9 Å². The summed E-state index contributed by atoms with van der Waals surface area (Å²) in [6, 6.07) is 21.3. The number of thiophene rings is 1. The smallest absolute Gasteiger partial charge is 0.328 e. The van der Waals surface area contributed by atoms with Gasteiger partial charge in [0.15, 0.2) is 16.7 Å². The maximum absolute atomic E-state index is 15.1. The molecule has 3 aromatic heterocycles. The predicted octanol–water partition coefficient (Wildman–Crippen LogP) is 7.49. The molecule has 1 aliphatic rings. The number of nitrogens with zero attached hydrogens (tertiary/aromatic N) is 4. The highest BCUT2D eigenvalue weighted by molar-refractivity contribution is 7.80. The third-order valence-corrected chi connectivity index (χ3v) is 8.19. The van der Waals surface area contributed by atoms with Crippen molar-refractivity contribution in [3.63, 3.8) is 0 Å². The van der Waals surface area contributed by atoms with Crippen LogP contribution >= 0.6 is 23.6 Å². The second kappa shape index (κ2) is 11.0. The highest BCUT2D eigenvalue weighted by Gasteiger charge is 2.30. The number of urea groups is 1. The number of carbonyl (C=O) groups excluding carboxylic acids is 1. The highest BCUT2D eigenvalue weighted by atomic mass is 32.1. The van der Waals surface area contributed by atoms with E-state index in [-0.39, 0.29) is 5.75 Å². The van der Waals surface area contributed by atoms with Crippen LogP contribution in [0.4, 0.5) is 20.6 Å². The summed E-state index contributed by atoms with van der Waals surface area (Å²) < 4.78 is 21.9. The number of aromatic nitrogens is 2. The van der Waals surface area contributed by atoms with Crippen LogP contribution in [0.3, 0.4) is 0 Å². The molecule has 200 valence electrons. The number of carbonyl (C=O) groups is 1. The molecule has 0 spiro atoms. The minimum atomic E-state index is -0.605. The number of amides is 2. The van der Waals surface area contributed by atoms with Crippen molar-refractivity contribution in [3.05, 3.63) is 96.6 Å². The van der Waals surface area contributed by atoms with Crippen molar-refractivity contribution in [2.75, 3.05) is 23.3 Å². The number of pyridine rings is 2. The van der Waals surface area contributed by atoms with E-state index in [0.717, 1.165) is 32.9 Å². The van der Waals surface area contributed by atoms with Crippen molar-refractivity contribution in [2.45, 2.75) is 13.3 Å². The molecule has 0 saturated carbocycles. The molecule has 0 unspecified atom stereocenters. The molecular formula is C30H24FN5O2S2. The second-order valence-electron chi connectivity index (χ2n) is 9.14. The van der Waals surface area contributed by atoms with Gasteiger partial charge in [0.2, 0.25) is 0 Å². The van der Waals surface area contributed by atoms with E-state index in [4.69, 9.17) is 17.0 Å². The molecule has 0 aliphatic carbocycles. The van der Waals surface area contributed by atoms with Gasteiger partial charge in [0.25, 0.3) is 0 Å². The topological polar surface area (TPSA) is 70.6 Å². The van der Waals surface area contributed by atoms with E-state index < -0.39 is 11.8 Å². The molecule has 0 radical (unpaired) electrons. The van der Waals surface area contributed by atoms with Crippen LogP contribution in [-0.4, -0.2) is 39.1 Å². The van der Waals surface area contributed by atoms with Gasteiger partial charge < -0.3 is 15.0 Å². The van der Waals surface area contributed by atoms with Crippen LogP contribution in [0.25, 0.3) is 20.8 Å². The van der Waals surface area contributed by atoms with Gasteiger partial charge in [0.1, 0.15) is 5.75 Å². The van der Waals surface area contributed by atoms with E-state index in [1.165, 1.54) is 33.9 Å². The number of fused-ring (bicyclic) bond motifs is 1. The number of benzene rings is 2. The summed E-state index contributed by atoms with van der Waals surface area (Å²) in [7, 11) is 0. The molecule has 1 aliphatic heterocycles. The molecule has 0 bridgehead atoms. The number of halogens is 1. The maximum Gasteiger partial charge on any atom is 0.328 e. The zero-order valence-corrected chi connectivity index (χ0v) is 23.1. The summed E-state index contributed by atoms with van der Waals surface area (Å²) >= 11 is 7.02. The van der Waals surface area contributed by atoms with Crippen LogP contribution in [0.2, 0.25) is 0 Å². The molecule has 2 aromatic carbocycles. The number of rotatable bonds is 6. The fourth-order valence-electron chi connectivity index (χ4n) is 4.44. The maximum atomic E-state index is 15.1. The lowest BCUT2D eigenvalue weighted by atomic mass is 10.2. The summed E-state index contributed by atoms with van der Waals surface area (Å²) in [6.45, 7) is 3.11. The summed E-state index contributed by atoms with van der Waals surface area (Å²) in [5.41, 5.74) is 3.98. The van der Waals surface area contributed by atoms with E-state index in [9.17, 15) is 4.79 Å². The Morgan fingerprint density at radius 3 is 2.65 bits per heavy atom. The molecule has 10 heteroatoms. The molecule has 7 nitrogen and oxygen atoms in total. The summed E-state index contributed by atoms with van der Waals surface area (Å²) in [4.78, 5) is 26.2. The van der Waals surface area contributed by atoms with Crippen molar-refractivity contribution in [1.82, 2.24) is 14.9 Å². The molecule has 1 N–H and O–H groups in total. The summed E-state index contributed by atoms with van der Waals surface area (Å²) in [6.07, 6.45) is 4.43. The molecule has 1 fully saturated rings. The summed E-state index contributed by atoms with van der Waals surface area (Å²) in [5, 5.41) is 3.14. The third kappa shape index (κ3) is 5.11. The number of nitrogens with one attached hydrogen (secondary N) is 1. The van der Waals surface area contributed by atoms with Crippen LogP contribution in [-0.2, 0) is 6.42 Å². The lowest BCUT2D eigenvalue weighted by Gasteiger charge is -2.21. The molecular weight excluding hydrogens is 545 g/mol. The quantitative estimate of drug-likeness (QED) is 0.214. The monoisotopic (exact) mass is 569 g/mol. The van der Waals surface area contributed by atoms with E-state index in [2.05, 4.69) is 28.3 Å². The van der Waals surface area contributed by atoms with Crippen molar-refractivity contribution >= 4 is 56.3 Å². The Kier molecular flexibility index (Phi) is 7.10. The first-order chi connectivity index (χ1) is 19.5. The number of anilines is 2. The van der Waals surface area contributed by atoms with Gasteiger partial charge in [0, 0.05) is 49.0 Å². The average Bonchev–Trinajstić information content (AvgIpc) is 3.59. The fourth-order valence-corrected chi connectivity index (χ4v) is 5.86. The fraction of sp³-hybridized carbons (Fsp3) is 0.133. The first-order valence-corrected chi connectivity index (χ1v) is 14.0. The average molecular weight is 570 g/mol. The van der Waals surface area contributed by atoms with Crippen molar-refractivity contribution in [1.29, 1.82) is 0 Å². The largest absolute Gasteiger partial charge is 0.453 e. The lowest BCUT2D eigenvalue weighted by Crippen LogP contribution is -2.38. The normalized spacial score (nSPS) is 13.2. The van der Waals surface area contributed by atoms with Crippen LogP contribution in [0.5, 0.6) is 11.5 Å². The molecule has 1 saturated heterocycles.